The molecule has 90 valence electrons. The van der Waals surface area contributed by atoms with Gasteiger partial charge in [-0.15, -0.1) is 0 Å². The van der Waals surface area contributed by atoms with E-state index in [1.165, 1.54) is 5.56 Å². The van der Waals surface area contributed by atoms with Crippen LogP contribution in [0.4, 0.5) is 0 Å². The molecular weight excluding hydrogens is 200 g/mol. The molecule has 3 nitrogen and oxygen atoms in total. The molecule has 3 heteroatoms. The lowest BCUT2D eigenvalue weighted by atomic mass is 10.00. The fourth-order valence-corrected chi connectivity index (χ4v) is 2.00. The lowest BCUT2D eigenvalue weighted by Gasteiger charge is -2.28. The molecule has 0 saturated heterocycles. The van der Waals surface area contributed by atoms with Crippen LogP contribution in [0.1, 0.15) is 25.5 Å². The third-order valence-electron chi connectivity index (χ3n) is 2.59. The Labute approximate surface area is 98.2 Å². The SMILES string of the molecule is CCOc1ccc(C(C(C)N)N(C)C)cc1. The van der Waals surface area contributed by atoms with E-state index in [1.807, 2.05) is 40.1 Å². The molecule has 0 heterocycles. The predicted molar refractivity (Wildman–Crippen MR) is 67.7 cm³/mol. The Bertz CT molecular complexity index is 298. The van der Waals surface area contributed by atoms with E-state index in [4.69, 9.17) is 10.5 Å². The van der Waals surface area contributed by atoms with Crippen LogP contribution in [-0.4, -0.2) is 31.6 Å². The molecular formula is C13H22N2O. The summed E-state index contributed by atoms with van der Waals surface area (Å²) in [5.41, 5.74) is 7.22. The molecule has 1 aromatic carbocycles. The minimum atomic E-state index is 0.105. The summed E-state index contributed by atoms with van der Waals surface area (Å²) in [7, 11) is 4.09. The summed E-state index contributed by atoms with van der Waals surface area (Å²) < 4.78 is 5.42. The van der Waals surface area contributed by atoms with Gasteiger partial charge in [0.25, 0.3) is 0 Å². The highest BCUT2D eigenvalue weighted by atomic mass is 16.5. The number of nitrogens with two attached hydrogens (primary N) is 1. The Morgan fingerprint density at radius 2 is 1.81 bits per heavy atom. The van der Waals surface area contributed by atoms with Crippen molar-refractivity contribution in [2.45, 2.75) is 25.9 Å². The molecule has 0 aliphatic carbocycles. The molecule has 0 aliphatic heterocycles. The highest BCUT2D eigenvalue weighted by Crippen LogP contribution is 2.23. The topological polar surface area (TPSA) is 38.5 Å². The molecule has 0 fully saturated rings. The average Bonchev–Trinajstić information content (AvgIpc) is 2.20. The van der Waals surface area contributed by atoms with E-state index in [1.54, 1.807) is 0 Å². The zero-order valence-corrected chi connectivity index (χ0v) is 10.6. The lowest BCUT2D eigenvalue weighted by Crippen LogP contribution is -2.34. The van der Waals surface area contributed by atoms with Crippen molar-refractivity contribution >= 4 is 0 Å². The molecule has 2 atom stereocenters. The van der Waals surface area contributed by atoms with Crippen LogP contribution in [0.15, 0.2) is 24.3 Å². The fourth-order valence-electron chi connectivity index (χ4n) is 2.00. The predicted octanol–water partition coefficient (Wildman–Crippen LogP) is 2.04. The second-order valence-electron chi connectivity index (χ2n) is 4.27. The standard InChI is InChI=1S/C13H22N2O/c1-5-16-12-8-6-11(7-9-12)13(10(2)14)15(3)4/h6-10,13H,5,14H2,1-4H3. The van der Waals surface area contributed by atoms with Crippen molar-refractivity contribution in [3.8, 4) is 5.75 Å². The molecule has 0 aliphatic rings. The summed E-state index contributed by atoms with van der Waals surface area (Å²) in [6.07, 6.45) is 0. The lowest BCUT2D eigenvalue weighted by molar-refractivity contribution is 0.266. The molecule has 0 bridgehead atoms. The van der Waals surface area contributed by atoms with Crippen LogP contribution in [-0.2, 0) is 0 Å². The van der Waals surface area contributed by atoms with E-state index in [0.29, 0.717) is 6.61 Å². The van der Waals surface area contributed by atoms with Crippen molar-refractivity contribution in [2.75, 3.05) is 20.7 Å². The molecule has 0 radical (unpaired) electrons. The van der Waals surface area contributed by atoms with Crippen LogP contribution in [0.3, 0.4) is 0 Å². The zero-order chi connectivity index (χ0) is 12.1. The number of hydrogen-bond donors (Lipinski definition) is 1. The normalized spacial score (nSPS) is 14.9. The first kappa shape index (κ1) is 13.0. The number of ether oxygens (including phenoxy) is 1. The van der Waals surface area contributed by atoms with Gasteiger partial charge in [0.15, 0.2) is 0 Å². The first-order valence-corrected chi connectivity index (χ1v) is 5.71. The molecule has 0 spiro atoms. The van der Waals surface area contributed by atoms with E-state index in [9.17, 15) is 0 Å². The van der Waals surface area contributed by atoms with Gasteiger partial charge in [-0.3, -0.25) is 0 Å². The fraction of sp³-hybridized carbons (Fsp3) is 0.538. The molecule has 1 rings (SSSR count). The Kier molecular flexibility index (Phi) is 4.77. The van der Waals surface area contributed by atoms with Crippen molar-refractivity contribution in [2.24, 2.45) is 5.73 Å². The van der Waals surface area contributed by atoms with E-state index in [0.717, 1.165) is 5.75 Å². The first-order chi connectivity index (χ1) is 7.56. The van der Waals surface area contributed by atoms with Crippen LogP contribution >= 0.6 is 0 Å². The number of likely N-dealkylation sites (N-methyl/N-ethyl adjacent to an activating group) is 1. The van der Waals surface area contributed by atoms with Crippen LogP contribution in [0.2, 0.25) is 0 Å². The Morgan fingerprint density at radius 1 is 1.25 bits per heavy atom. The van der Waals surface area contributed by atoms with E-state index in [2.05, 4.69) is 17.0 Å². The first-order valence-electron chi connectivity index (χ1n) is 5.71. The quantitative estimate of drug-likeness (QED) is 0.828. The third kappa shape index (κ3) is 3.22. The van der Waals surface area contributed by atoms with Crippen LogP contribution in [0, 0.1) is 0 Å². The summed E-state index contributed by atoms with van der Waals surface area (Å²) in [6.45, 7) is 4.71. The summed E-state index contributed by atoms with van der Waals surface area (Å²) in [5.74, 6) is 0.911. The second kappa shape index (κ2) is 5.87. The van der Waals surface area contributed by atoms with Crippen molar-refractivity contribution in [1.29, 1.82) is 0 Å². The summed E-state index contributed by atoms with van der Waals surface area (Å²) >= 11 is 0. The van der Waals surface area contributed by atoms with Crippen LogP contribution in [0.5, 0.6) is 5.75 Å². The number of nitrogens with zero attached hydrogens (tertiary/aromatic N) is 1. The molecule has 2 N–H and O–H groups in total. The van der Waals surface area contributed by atoms with E-state index < -0.39 is 0 Å². The van der Waals surface area contributed by atoms with Gasteiger partial charge < -0.3 is 15.4 Å². The van der Waals surface area contributed by atoms with Crippen molar-refractivity contribution in [3.05, 3.63) is 29.8 Å². The van der Waals surface area contributed by atoms with Gasteiger partial charge in [-0.2, -0.15) is 0 Å². The number of hydrogen-bond acceptors (Lipinski definition) is 3. The molecule has 0 amide bonds. The number of rotatable bonds is 5. The van der Waals surface area contributed by atoms with Crippen molar-refractivity contribution < 1.29 is 4.74 Å². The largest absolute Gasteiger partial charge is 0.494 e. The van der Waals surface area contributed by atoms with Crippen molar-refractivity contribution in [1.82, 2.24) is 4.90 Å². The maximum Gasteiger partial charge on any atom is 0.119 e. The van der Waals surface area contributed by atoms with Gasteiger partial charge in [-0.1, -0.05) is 12.1 Å². The average molecular weight is 222 g/mol. The van der Waals surface area contributed by atoms with Gasteiger partial charge in [0, 0.05) is 12.1 Å². The van der Waals surface area contributed by atoms with Gasteiger partial charge in [0.05, 0.1) is 6.61 Å². The van der Waals surface area contributed by atoms with E-state index >= 15 is 0 Å². The maximum absolute atomic E-state index is 5.99. The van der Waals surface area contributed by atoms with Gasteiger partial charge in [0.1, 0.15) is 5.75 Å². The monoisotopic (exact) mass is 222 g/mol. The van der Waals surface area contributed by atoms with Gasteiger partial charge in [-0.25, -0.2) is 0 Å². The second-order valence-corrected chi connectivity index (χ2v) is 4.27. The van der Waals surface area contributed by atoms with Crippen LogP contribution < -0.4 is 10.5 Å². The summed E-state index contributed by atoms with van der Waals surface area (Å²) in [4.78, 5) is 2.14. The van der Waals surface area contributed by atoms with Gasteiger partial charge in [-0.05, 0) is 45.6 Å². The summed E-state index contributed by atoms with van der Waals surface area (Å²) in [5, 5.41) is 0. The molecule has 2 unspecified atom stereocenters. The molecule has 0 aromatic heterocycles. The molecule has 1 aromatic rings. The minimum Gasteiger partial charge on any atom is -0.494 e. The molecule has 0 saturated carbocycles. The van der Waals surface area contributed by atoms with Gasteiger partial charge in [0.2, 0.25) is 0 Å². The van der Waals surface area contributed by atoms with E-state index in [-0.39, 0.29) is 12.1 Å². The molecule has 16 heavy (non-hydrogen) atoms. The maximum atomic E-state index is 5.99. The smallest absolute Gasteiger partial charge is 0.119 e. The number of benzene rings is 1. The third-order valence-corrected chi connectivity index (χ3v) is 2.59. The Morgan fingerprint density at radius 3 is 2.19 bits per heavy atom. The highest BCUT2D eigenvalue weighted by molar-refractivity contribution is 5.29. The Balaban J connectivity index is 2.85. The van der Waals surface area contributed by atoms with Crippen LogP contribution in [0.25, 0.3) is 0 Å². The minimum absolute atomic E-state index is 0.105. The Hall–Kier alpha value is -1.06. The summed E-state index contributed by atoms with van der Waals surface area (Å²) in [6, 6.07) is 8.51. The van der Waals surface area contributed by atoms with Crippen molar-refractivity contribution in [3.63, 3.8) is 0 Å². The van der Waals surface area contributed by atoms with Gasteiger partial charge >= 0.3 is 0 Å². The zero-order valence-electron chi connectivity index (χ0n) is 10.6. The highest BCUT2D eigenvalue weighted by Gasteiger charge is 2.18.